The first-order valence-corrected chi connectivity index (χ1v) is 8.76. The summed E-state index contributed by atoms with van der Waals surface area (Å²) in [4.78, 5) is 27.8. The second-order valence-corrected chi connectivity index (χ2v) is 6.46. The van der Waals surface area contributed by atoms with Crippen molar-refractivity contribution < 1.29 is 14.0 Å². The molecule has 0 spiro atoms. The van der Waals surface area contributed by atoms with Crippen LogP contribution in [-0.4, -0.2) is 55.5 Å². The highest BCUT2D eigenvalue weighted by Crippen LogP contribution is 2.17. The second kappa shape index (κ2) is 12.8. The molecule has 0 aromatic heterocycles. The molecule has 1 aromatic rings. The number of piperazine rings is 1. The normalized spacial score (nSPS) is 14.6. The molecule has 1 aromatic carbocycles. The molecule has 2 amide bonds. The molecule has 154 valence electrons. The molecule has 1 fully saturated rings. The number of hydrogen-bond acceptors (Lipinski definition) is 4. The van der Waals surface area contributed by atoms with Gasteiger partial charge in [-0.15, -0.1) is 24.8 Å². The SMILES string of the molecule is CC(N)CCC(=O)NCCC(=O)N1CCN(c2ccc(F)cc2)CC1.Cl.Cl. The first-order valence-electron chi connectivity index (χ1n) is 8.76. The molecular weight excluding hydrogens is 394 g/mol. The summed E-state index contributed by atoms with van der Waals surface area (Å²) >= 11 is 0. The van der Waals surface area contributed by atoms with E-state index in [4.69, 9.17) is 5.73 Å². The van der Waals surface area contributed by atoms with E-state index >= 15 is 0 Å². The van der Waals surface area contributed by atoms with E-state index in [2.05, 4.69) is 10.2 Å². The zero-order valence-electron chi connectivity index (χ0n) is 15.5. The number of benzene rings is 1. The maximum absolute atomic E-state index is 13.0. The van der Waals surface area contributed by atoms with Gasteiger partial charge in [-0.1, -0.05) is 0 Å². The lowest BCUT2D eigenvalue weighted by atomic mass is 10.2. The summed E-state index contributed by atoms with van der Waals surface area (Å²) in [5, 5.41) is 2.76. The molecule has 0 saturated carbocycles. The smallest absolute Gasteiger partial charge is 0.224 e. The Bertz CT molecular complexity index is 579. The lowest BCUT2D eigenvalue weighted by molar-refractivity contribution is -0.131. The van der Waals surface area contributed by atoms with E-state index in [1.165, 1.54) is 12.1 Å². The monoisotopic (exact) mass is 422 g/mol. The van der Waals surface area contributed by atoms with Gasteiger partial charge in [0, 0.05) is 57.3 Å². The Kier molecular flexibility index (Phi) is 12.0. The third-order valence-corrected chi connectivity index (χ3v) is 4.31. The molecule has 1 unspecified atom stereocenters. The molecule has 2 rings (SSSR count). The van der Waals surface area contributed by atoms with E-state index in [-0.39, 0.29) is 48.5 Å². The van der Waals surface area contributed by atoms with Crippen LogP contribution >= 0.6 is 24.8 Å². The van der Waals surface area contributed by atoms with Gasteiger partial charge in [-0.25, -0.2) is 4.39 Å². The number of nitrogens with one attached hydrogen (secondary N) is 1. The van der Waals surface area contributed by atoms with Crippen molar-refractivity contribution in [3.05, 3.63) is 30.1 Å². The summed E-state index contributed by atoms with van der Waals surface area (Å²) in [6.45, 7) is 4.93. The first kappa shape index (κ1) is 25.4. The van der Waals surface area contributed by atoms with Crippen LogP contribution in [-0.2, 0) is 9.59 Å². The van der Waals surface area contributed by atoms with E-state index in [0.717, 1.165) is 18.8 Å². The van der Waals surface area contributed by atoms with Gasteiger partial charge >= 0.3 is 0 Å². The quantitative estimate of drug-likeness (QED) is 0.703. The lowest BCUT2D eigenvalue weighted by Gasteiger charge is -2.36. The number of carbonyl (C=O) groups is 2. The Labute approximate surface area is 172 Å². The molecule has 1 heterocycles. The molecule has 0 radical (unpaired) electrons. The van der Waals surface area contributed by atoms with Crippen LogP contribution in [0.1, 0.15) is 26.2 Å². The van der Waals surface area contributed by atoms with Crippen LogP contribution in [0.5, 0.6) is 0 Å². The maximum atomic E-state index is 13.0. The van der Waals surface area contributed by atoms with Gasteiger partial charge in [-0.05, 0) is 37.6 Å². The standard InChI is InChI=1S/C18H27FN4O2.2ClH/c1-14(20)2-7-17(24)21-9-8-18(25)23-12-10-22(11-13-23)16-5-3-15(19)4-6-16;;/h3-6,14H,2,7-13,20H2,1H3,(H,21,24);2*1H. The second-order valence-electron chi connectivity index (χ2n) is 6.46. The van der Waals surface area contributed by atoms with Crippen LogP contribution in [0.4, 0.5) is 10.1 Å². The molecule has 3 N–H and O–H groups in total. The zero-order valence-corrected chi connectivity index (χ0v) is 17.2. The summed E-state index contributed by atoms with van der Waals surface area (Å²) in [6.07, 6.45) is 1.34. The molecule has 1 aliphatic rings. The van der Waals surface area contributed by atoms with Crippen molar-refractivity contribution in [2.45, 2.75) is 32.2 Å². The number of nitrogens with two attached hydrogens (primary N) is 1. The van der Waals surface area contributed by atoms with Gasteiger partial charge in [0.15, 0.2) is 0 Å². The number of amides is 2. The fraction of sp³-hybridized carbons (Fsp3) is 0.556. The topological polar surface area (TPSA) is 78.7 Å². The number of nitrogens with zero attached hydrogens (tertiary/aromatic N) is 2. The van der Waals surface area contributed by atoms with Crippen molar-refractivity contribution in [1.82, 2.24) is 10.2 Å². The molecule has 9 heteroatoms. The number of halogens is 3. The van der Waals surface area contributed by atoms with Crippen LogP contribution in [0.25, 0.3) is 0 Å². The van der Waals surface area contributed by atoms with Gasteiger partial charge in [0.05, 0.1) is 0 Å². The molecule has 0 aliphatic carbocycles. The molecule has 1 atom stereocenters. The lowest BCUT2D eigenvalue weighted by Crippen LogP contribution is -2.49. The Hall–Kier alpha value is -1.57. The van der Waals surface area contributed by atoms with Gasteiger partial charge < -0.3 is 20.9 Å². The molecule has 1 saturated heterocycles. The van der Waals surface area contributed by atoms with Crippen molar-refractivity contribution in [3.63, 3.8) is 0 Å². The van der Waals surface area contributed by atoms with Gasteiger partial charge in [-0.2, -0.15) is 0 Å². The number of carbonyl (C=O) groups excluding carboxylic acids is 2. The van der Waals surface area contributed by atoms with Gasteiger partial charge in [0.2, 0.25) is 11.8 Å². The average molecular weight is 423 g/mol. The average Bonchev–Trinajstić information content (AvgIpc) is 2.60. The van der Waals surface area contributed by atoms with E-state index in [0.29, 0.717) is 38.9 Å². The van der Waals surface area contributed by atoms with E-state index < -0.39 is 0 Å². The van der Waals surface area contributed by atoms with Crippen molar-refractivity contribution in [1.29, 1.82) is 0 Å². The third-order valence-electron chi connectivity index (χ3n) is 4.31. The minimum absolute atomic E-state index is 0. The molecular formula is C18H29Cl2FN4O2. The fourth-order valence-electron chi connectivity index (χ4n) is 2.78. The summed E-state index contributed by atoms with van der Waals surface area (Å²) in [6, 6.07) is 6.40. The fourth-order valence-corrected chi connectivity index (χ4v) is 2.78. The van der Waals surface area contributed by atoms with Crippen LogP contribution in [0, 0.1) is 5.82 Å². The summed E-state index contributed by atoms with van der Waals surface area (Å²) in [7, 11) is 0. The van der Waals surface area contributed by atoms with Gasteiger partial charge in [-0.3, -0.25) is 9.59 Å². The van der Waals surface area contributed by atoms with Crippen molar-refractivity contribution in [3.8, 4) is 0 Å². The van der Waals surface area contributed by atoms with Crippen molar-refractivity contribution >= 4 is 42.3 Å². The minimum Gasteiger partial charge on any atom is -0.368 e. The van der Waals surface area contributed by atoms with Crippen LogP contribution in [0.15, 0.2) is 24.3 Å². The Morgan fingerprint density at radius 2 is 1.70 bits per heavy atom. The summed E-state index contributed by atoms with van der Waals surface area (Å²) in [5.74, 6) is -0.266. The van der Waals surface area contributed by atoms with Crippen LogP contribution in [0.3, 0.4) is 0 Å². The highest BCUT2D eigenvalue weighted by atomic mass is 35.5. The maximum Gasteiger partial charge on any atom is 0.224 e. The molecule has 0 bridgehead atoms. The van der Waals surface area contributed by atoms with E-state index in [9.17, 15) is 14.0 Å². The summed E-state index contributed by atoms with van der Waals surface area (Å²) in [5.41, 5.74) is 6.58. The molecule has 1 aliphatic heterocycles. The first-order chi connectivity index (χ1) is 12.0. The van der Waals surface area contributed by atoms with Crippen LogP contribution < -0.4 is 16.0 Å². The Morgan fingerprint density at radius 1 is 1.11 bits per heavy atom. The van der Waals surface area contributed by atoms with Gasteiger partial charge in [0.25, 0.3) is 0 Å². The van der Waals surface area contributed by atoms with Crippen molar-refractivity contribution in [2.75, 3.05) is 37.6 Å². The van der Waals surface area contributed by atoms with Crippen LogP contribution in [0.2, 0.25) is 0 Å². The van der Waals surface area contributed by atoms with E-state index in [1.54, 1.807) is 12.1 Å². The van der Waals surface area contributed by atoms with E-state index in [1.807, 2.05) is 11.8 Å². The summed E-state index contributed by atoms with van der Waals surface area (Å²) < 4.78 is 13.0. The highest BCUT2D eigenvalue weighted by Gasteiger charge is 2.21. The molecule has 27 heavy (non-hydrogen) atoms. The number of rotatable bonds is 7. The largest absolute Gasteiger partial charge is 0.368 e. The molecule has 6 nitrogen and oxygen atoms in total. The van der Waals surface area contributed by atoms with Gasteiger partial charge in [0.1, 0.15) is 5.82 Å². The predicted molar refractivity (Wildman–Crippen MR) is 110 cm³/mol. The Morgan fingerprint density at radius 3 is 2.26 bits per heavy atom. The highest BCUT2D eigenvalue weighted by molar-refractivity contribution is 5.85. The third kappa shape index (κ3) is 8.77. The van der Waals surface area contributed by atoms with Crippen molar-refractivity contribution in [2.24, 2.45) is 5.73 Å². The predicted octanol–water partition coefficient (Wildman–Crippen LogP) is 1.95. The Balaban J connectivity index is 0.00000338. The zero-order chi connectivity index (χ0) is 18.2. The number of anilines is 1. The minimum atomic E-state index is -0.250. The number of hydrogen-bond donors (Lipinski definition) is 2.